The summed E-state index contributed by atoms with van der Waals surface area (Å²) in [6.45, 7) is 10.9. The van der Waals surface area contributed by atoms with E-state index in [2.05, 4.69) is 64.4 Å². The van der Waals surface area contributed by atoms with Gasteiger partial charge in [-0.15, -0.1) is 5.10 Å². The van der Waals surface area contributed by atoms with Gasteiger partial charge < -0.3 is 14.6 Å². The zero-order chi connectivity index (χ0) is 23.2. The second-order valence-corrected chi connectivity index (χ2v) is 10.4. The summed E-state index contributed by atoms with van der Waals surface area (Å²) in [7, 11) is 0. The molecule has 0 aliphatic carbocycles. The lowest BCUT2D eigenvalue weighted by atomic mass is 9.86. The van der Waals surface area contributed by atoms with Crippen molar-refractivity contribution in [1.82, 2.24) is 24.7 Å². The predicted molar refractivity (Wildman–Crippen MR) is 136 cm³/mol. The van der Waals surface area contributed by atoms with E-state index >= 15 is 0 Å². The molecule has 4 aromatic rings. The lowest BCUT2D eigenvalue weighted by molar-refractivity contribution is 0.0252. The largest absolute Gasteiger partial charge is 0.381 e. The first kappa shape index (κ1) is 21.8. The van der Waals surface area contributed by atoms with Crippen LogP contribution in [0.3, 0.4) is 0 Å². The molecule has 2 saturated heterocycles. The van der Waals surface area contributed by atoms with E-state index in [4.69, 9.17) is 4.74 Å². The third-order valence-electron chi connectivity index (χ3n) is 8.03. The van der Waals surface area contributed by atoms with Crippen LogP contribution in [0.25, 0.3) is 27.7 Å². The topological polar surface area (TPSA) is 58.5 Å². The molecular weight excluding hydrogens is 422 g/mol. The molecule has 2 aliphatic heterocycles. The number of nitrogens with zero attached hydrogens (tertiary/aromatic N) is 4. The fourth-order valence-electron chi connectivity index (χ4n) is 6.12. The normalized spacial score (nSPS) is 19.1. The molecule has 0 amide bonds. The van der Waals surface area contributed by atoms with Gasteiger partial charge in [0.2, 0.25) is 0 Å². The Kier molecular flexibility index (Phi) is 5.66. The van der Waals surface area contributed by atoms with Crippen LogP contribution in [0.15, 0.2) is 36.5 Å². The zero-order valence-corrected chi connectivity index (χ0v) is 20.6. The summed E-state index contributed by atoms with van der Waals surface area (Å²) in [5.41, 5.74) is 8.57. The van der Waals surface area contributed by atoms with Crippen molar-refractivity contribution in [2.24, 2.45) is 0 Å². The van der Waals surface area contributed by atoms with Crippen LogP contribution in [0.5, 0.6) is 0 Å². The molecule has 2 aliphatic rings. The Hall–Kier alpha value is -2.70. The minimum absolute atomic E-state index is 0.426. The van der Waals surface area contributed by atoms with Crippen molar-refractivity contribution in [3.63, 3.8) is 0 Å². The third kappa shape index (κ3) is 3.83. The van der Waals surface area contributed by atoms with Crippen LogP contribution < -0.4 is 0 Å². The predicted octanol–water partition coefficient (Wildman–Crippen LogP) is 5.67. The van der Waals surface area contributed by atoms with Crippen molar-refractivity contribution < 1.29 is 4.74 Å². The van der Waals surface area contributed by atoms with E-state index in [0.29, 0.717) is 11.8 Å². The number of hydrogen-bond donors (Lipinski definition) is 1. The van der Waals surface area contributed by atoms with Gasteiger partial charge in [-0.05, 0) is 92.9 Å². The van der Waals surface area contributed by atoms with Crippen molar-refractivity contribution in [1.29, 1.82) is 0 Å². The number of H-pyrrole nitrogens is 1. The number of rotatable bonds is 4. The Morgan fingerprint density at radius 2 is 1.82 bits per heavy atom. The summed E-state index contributed by atoms with van der Waals surface area (Å²) in [4.78, 5) is 6.47. The number of piperidine rings is 1. The molecule has 0 spiro atoms. The Morgan fingerprint density at radius 1 is 1.03 bits per heavy atom. The molecular formula is C28H35N5O. The van der Waals surface area contributed by atoms with E-state index in [-0.39, 0.29) is 0 Å². The van der Waals surface area contributed by atoms with Gasteiger partial charge in [-0.2, -0.15) is 0 Å². The monoisotopic (exact) mass is 457 g/mol. The average molecular weight is 458 g/mol. The number of aromatic amines is 1. The molecule has 2 fully saturated rings. The highest BCUT2D eigenvalue weighted by Gasteiger charge is 2.27. The van der Waals surface area contributed by atoms with Crippen LogP contribution in [-0.4, -0.2) is 57.1 Å². The van der Waals surface area contributed by atoms with E-state index in [0.717, 1.165) is 30.5 Å². The maximum Gasteiger partial charge on any atom is 0.0900 e. The summed E-state index contributed by atoms with van der Waals surface area (Å²) in [5, 5.41) is 9.79. The molecule has 0 saturated carbocycles. The van der Waals surface area contributed by atoms with Crippen LogP contribution >= 0.6 is 0 Å². The lowest BCUT2D eigenvalue weighted by Gasteiger charge is -2.39. The summed E-state index contributed by atoms with van der Waals surface area (Å²) in [6, 6.07) is 12.2. The molecule has 0 bridgehead atoms. The quantitative estimate of drug-likeness (QED) is 0.429. The van der Waals surface area contributed by atoms with Crippen molar-refractivity contribution in [2.45, 2.75) is 64.3 Å². The van der Waals surface area contributed by atoms with Gasteiger partial charge in [0.25, 0.3) is 0 Å². The van der Waals surface area contributed by atoms with E-state index in [9.17, 15) is 0 Å². The van der Waals surface area contributed by atoms with Gasteiger partial charge in [0.15, 0.2) is 0 Å². The minimum Gasteiger partial charge on any atom is -0.381 e. The summed E-state index contributed by atoms with van der Waals surface area (Å²) >= 11 is 0. The van der Waals surface area contributed by atoms with E-state index in [1.165, 1.54) is 72.1 Å². The molecule has 6 heteroatoms. The van der Waals surface area contributed by atoms with Crippen LogP contribution in [0.4, 0.5) is 0 Å². The van der Waals surface area contributed by atoms with Crippen LogP contribution in [0, 0.1) is 6.92 Å². The number of aromatic nitrogens is 4. The molecule has 6 nitrogen and oxygen atoms in total. The number of benzene rings is 1. The zero-order valence-electron chi connectivity index (χ0n) is 20.6. The van der Waals surface area contributed by atoms with Gasteiger partial charge in [-0.3, -0.25) is 0 Å². The summed E-state index contributed by atoms with van der Waals surface area (Å²) in [5.74, 6) is 1.07. The number of nitrogens with one attached hydrogen (secondary N) is 1. The Morgan fingerprint density at radius 3 is 2.59 bits per heavy atom. The highest BCUT2D eigenvalue weighted by Crippen LogP contribution is 2.39. The van der Waals surface area contributed by atoms with E-state index in [1.54, 1.807) is 0 Å². The number of fused-ring (bicyclic) bond motifs is 2. The highest BCUT2D eigenvalue weighted by molar-refractivity contribution is 5.92. The smallest absolute Gasteiger partial charge is 0.0900 e. The molecule has 0 radical (unpaired) electrons. The van der Waals surface area contributed by atoms with Gasteiger partial charge in [0.05, 0.1) is 16.9 Å². The maximum atomic E-state index is 5.57. The Balaban J connectivity index is 1.31. The molecule has 6 rings (SSSR count). The van der Waals surface area contributed by atoms with Gasteiger partial charge in [0.1, 0.15) is 0 Å². The number of aryl methyl sites for hydroxylation is 1. The van der Waals surface area contributed by atoms with Gasteiger partial charge in [-0.1, -0.05) is 25.1 Å². The minimum atomic E-state index is 0.426. The van der Waals surface area contributed by atoms with Crippen molar-refractivity contribution in [2.75, 3.05) is 26.3 Å². The summed E-state index contributed by atoms with van der Waals surface area (Å²) < 4.78 is 7.42. The highest BCUT2D eigenvalue weighted by atomic mass is 16.5. The molecule has 0 unspecified atom stereocenters. The Bertz CT molecular complexity index is 1310. The number of likely N-dealkylation sites (tertiary alicyclic amines) is 1. The van der Waals surface area contributed by atoms with Gasteiger partial charge in [-0.25, -0.2) is 4.52 Å². The first-order valence-electron chi connectivity index (χ1n) is 12.9. The summed E-state index contributed by atoms with van der Waals surface area (Å²) in [6.07, 6.45) is 6.91. The molecule has 3 aromatic heterocycles. The average Bonchev–Trinajstić information content (AvgIpc) is 3.44. The number of pyridine rings is 1. The number of hydrogen-bond acceptors (Lipinski definition) is 4. The van der Waals surface area contributed by atoms with Crippen LogP contribution in [0.2, 0.25) is 0 Å². The van der Waals surface area contributed by atoms with Crippen molar-refractivity contribution in [3.8, 4) is 11.3 Å². The molecule has 0 atom stereocenters. The number of ether oxygens (including phenoxy) is 1. The fourth-order valence-corrected chi connectivity index (χ4v) is 6.12. The van der Waals surface area contributed by atoms with E-state index < -0.39 is 0 Å². The Labute approximate surface area is 201 Å². The standard InChI is InChI=1S/C28H35N5O/c1-18(2)27-24-16-21(20-6-11-32(12-7-20)23-9-14-34-15-10-23)4-5-25(24)29-28(27)22-8-13-33-26(17-22)19(3)30-31-33/h4-5,8,13,16-18,20,23,29H,6-7,9-12,14-15H2,1-3H3. The second-order valence-electron chi connectivity index (χ2n) is 10.4. The molecule has 5 heterocycles. The van der Waals surface area contributed by atoms with E-state index in [1.807, 2.05) is 17.6 Å². The third-order valence-corrected chi connectivity index (χ3v) is 8.03. The first-order valence-corrected chi connectivity index (χ1v) is 12.9. The van der Waals surface area contributed by atoms with Gasteiger partial charge >= 0.3 is 0 Å². The lowest BCUT2D eigenvalue weighted by Crippen LogP contribution is -2.43. The van der Waals surface area contributed by atoms with Gasteiger partial charge in [0, 0.05) is 41.9 Å². The molecule has 34 heavy (non-hydrogen) atoms. The molecule has 1 N–H and O–H groups in total. The maximum absolute atomic E-state index is 5.57. The molecule has 178 valence electrons. The van der Waals surface area contributed by atoms with Crippen molar-refractivity contribution >= 4 is 16.4 Å². The molecule has 1 aromatic carbocycles. The van der Waals surface area contributed by atoms with Crippen molar-refractivity contribution in [3.05, 3.63) is 53.3 Å². The van der Waals surface area contributed by atoms with Crippen LogP contribution in [-0.2, 0) is 4.74 Å². The fraction of sp³-hybridized carbons (Fsp3) is 0.500. The van der Waals surface area contributed by atoms with Crippen LogP contribution in [0.1, 0.15) is 68.2 Å². The SMILES string of the molecule is Cc1nnn2ccc(-c3[nH]c4ccc(C5CCN(C6CCOCC6)CC5)cc4c3C(C)C)cc12. The first-order chi connectivity index (χ1) is 16.6. The second kappa shape index (κ2) is 8.82.